The van der Waals surface area contributed by atoms with Gasteiger partial charge in [-0.25, -0.2) is 0 Å². The van der Waals surface area contributed by atoms with Gasteiger partial charge in [0.1, 0.15) is 0 Å². The Balaban J connectivity index is 2.02. The second kappa shape index (κ2) is 8.06. The van der Waals surface area contributed by atoms with E-state index in [0.29, 0.717) is 19.0 Å². The molecule has 17 heavy (non-hydrogen) atoms. The molecular formula is C12H22N2O3. The van der Waals surface area contributed by atoms with Crippen molar-refractivity contribution >= 4 is 11.9 Å². The molecule has 5 nitrogen and oxygen atoms in total. The molecule has 1 aliphatic heterocycles. The second-order valence-corrected chi connectivity index (χ2v) is 4.36. The molecule has 0 aliphatic carbocycles. The summed E-state index contributed by atoms with van der Waals surface area (Å²) in [5.74, 6) is -0.277. The molecule has 1 atom stereocenters. The molecule has 1 fully saturated rings. The van der Waals surface area contributed by atoms with Gasteiger partial charge in [0.15, 0.2) is 0 Å². The maximum atomic E-state index is 11.5. The van der Waals surface area contributed by atoms with Crippen LogP contribution in [0.25, 0.3) is 0 Å². The highest BCUT2D eigenvalue weighted by molar-refractivity contribution is 5.77. The summed E-state index contributed by atoms with van der Waals surface area (Å²) in [6.45, 7) is 1.43. The molecule has 0 aromatic carbocycles. The standard InChI is InChI=1S/C12H22N2O3/c1-17-12(16)7-9-14-11(15)6-5-10-4-2-3-8-13-10/h10,13H,2-9H2,1H3,(H,14,15). The Morgan fingerprint density at radius 3 is 2.82 bits per heavy atom. The zero-order valence-corrected chi connectivity index (χ0v) is 10.5. The van der Waals surface area contributed by atoms with Gasteiger partial charge in [-0.15, -0.1) is 0 Å². The molecule has 98 valence electrons. The zero-order valence-electron chi connectivity index (χ0n) is 10.5. The lowest BCUT2D eigenvalue weighted by Gasteiger charge is -2.22. The largest absolute Gasteiger partial charge is 0.469 e. The first-order valence-corrected chi connectivity index (χ1v) is 6.29. The maximum absolute atomic E-state index is 11.5. The summed E-state index contributed by atoms with van der Waals surface area (Å²) in [5, 5.41) is 6.12. The van der Waals surface area contributed by atoms with Crippen molar-refractivity contribution in [3.8, 4) is 0 Å². The molecule has 0 saturated carbocycles. The van der Waals surface area contributed by atoms with Crippen LogP contribution < -0.4 is 10.6 Å². The molecule has 1 amide bonds. The molecule has 1 unspecified atom stereocenters. The summed E-state index contributed by atoms with van der Waals surface area (Å²) in [4.78, 5) is 22.3. The quantitative estimate of drug-likeness (QED) is 0.669. The number of methoxy groups -OCH3 is 1. The van der Waals surface area contributed by atoms with E-state index in [2.05, 4.69) is 15.4 Å². The molecule has 5 heteroatoms. The third-order valence-corrected chi connectivity index (χ3v) is 3.01. The van der Waals surface area contributed by atoms with Gasteiger partial charge in [0.25, 0.3) is 0 Å². The first-order valence-electron chi connectivity index (χ1n) is 6.29. The zero-order chi connectivity index (χ0) is 12.5. The van der Waals surface area contributed by atoms with E-state index < -0.39 is 0 Å². The van der Waals surface area contributed by atoms with Gasteiger partial charge in [-0.05, 0) is 25.8 Å². The van der Waals surface area contributed by atoms with Crippen molar-refractivity contribution in [2.45, 2.75) is 44.6 Å². The molecule has 0 radical (unpaired) electrons. The van der Waals surface area contributed by atoms with Crippen LogP contribution in [0.2, 0.25) is 0 Å². The fraction of sp³-hybridized carbons (Fsp3) is 0.833. The predicted octanol–water partition coefficient (Wildman–Crippen LogP) is 0.588. The van der Waals surface area contributed by atoms with Crippen LogP contribution in [-0.4, -0.2) is 38.1 Å². The third-order valence-electron chi connectivity index (χ3n) is 3.01. The van der Waals surface area contributed by atoms with E-state index >= 15 is 0 Å². The second-order valence-electron chi connectivity index (χ2n) is 4.36. The molecule has 0 spiro atoms. The lowest BCUT2D eigenvalue weighted by molar-refractivity contribution is -0.140. The first-order chi connectivity index (χ1) is 8.22. The van der Waals surface area contributed by atoms with Crippen LogP contribution in [0.1, 0.15) is 38.5 Å². The fourth-order valence-electron chi connectivity index (χ4n) is 1.97. The smallest absolute Gasteiger partial charge is 0.307 e. The van der Waals surface area contributed by atoms with Gasteiger partial charge >= 0.3 is 5.97 Å². The van der Waals surface area contributed by atoms with Gasteiger partial charge in [0, 0.05) is 19.0 Å². The highest BCUT2D eigenvalue weighted by Gasteiger charge is 2.13. The summed E-state index contributed by atoms with van der Waals surface area (Å²) in [6.07, 6.45) is 5.30. The van der Waals surface area contributed by atoms with E-state index in [9.17, 15) is 9.59 Å². The van der Waals surface area contributed by atoms with Crippen LogP contribution in [0.4, 0.5) is 0 Å². The summed E-state index contributed by atoms with van der Waals surface area (Å²) in [5.41, 5.74) is 0. The Bertz CT molecular complexity index is 250. The Kier molecular flexibility index (Phi) is 6.62. The Morgan fingerprint density at radius 1 is 1.35 bits per heavy atom. The van der Waals surface area contributed by atoms with Crippen molar-refractivity contribution < 1.29 is 14.3 Å². The third kappa shape index (κ3) is 6.26. The monoisotopic (exact) mass is 242 g/mol. The number of hydrogen-bond acceptors (Lipinski definition) is 4. The maximum Gasteiger partial charge on any atom is 0.307 e. The topological polar surface area (TPSA) is 67.4 Å². The van der Waals surface area contributed by atoms with E-state index in [1.54, 1.807) is 0 Å². The minimum atomic E-state index is -0.292. The highest BCUT2D eigenvalue weighted by Crippen LogP contribution is 2.11. The van der Waals surface area contributed by atoms with Crippen molar-refractivity contribution in [2.75, 3.05) is 20.2 Å². The summed E-state index contributed by atoms with van der Waals surface area (Å²) >= 11 is 0. The van der Waals surface area contributed by atoms with Crippen LogP contribution >= 0.6 is 0 Å². The van der Waals surface area contributed by atoms with E-state index in [1.165, 1.54) is 20.0 Å². The molecule has 1 rings (SSSR count). The van der Waals surface area contributed by atoms with E-state index in [4.69, 9.17) is 0 Å². The Morgan fingerprint density at radius 2 is 2.18 bits per heavy atom. The van der Waals surface area contributed by atoms with Crippen LogP contribution in [0.3, 0.4) is 0 Å². The van der Waals surface area contributed by atoms with Gasteiger partial charge in [0.2, 0.25) is 5.91 Å². The molecule has 0 bridgehead atoms. The average molecular weight is 242 g/mol. The number of esters is 1. The molecule has 1 saturated heterocycles. The molecule has 0 aromatic rings. The first kappa shape index (κ1) is 14.0. The number of rotatable bonds is 6. The van der Waals surface area contributed by atoms with Crippen LogP contribution in [0.15, 0.2) is 0 Å². The minimum Gasteiger partial charge on any atom is -0.469 e. The van der Waals surface area contributed by atoms with Gasteiger partial charge in [0.05, 0.1) is 13.5 Å². The van der Waals surface area contributed by atoms with Crippen molar-refractivity contribution in [2.24, 2.45) is 0 Å². The summed E-state index contributed by atoms with van der Waals surface area (Å²) in [6, 6.07) is 0.482. The van der Waals surface area contributed by atoms with Crippen molar-refractivity contribution in [3.05, 3.63) is 0 Å². The van der Waals surface area contributed by atoms with Crippen molar-refractivity contribution in [1.29, 1.82) is 0 Å². The minimum absolute atomic E-state index is 0.0151. The number of ether oxygens (including phenoxy) is 1. The van der Waals surface area contributed by atoms with Crippen LogP contribution in [0.5, 0.6) is 0 Å². The van der Waals surface area contributed by atoms with Crippen LogP contribution in [-0.2, 0) is 14.3 Å². The van der Waals surface area contributed by atoms with Crippen molar-refractivity contribution in [1.82, 2.24) is 10.6 Å². The lowest BCUT2D eigenvalue weighted by atomic mass is 10.0. The molecule has 1 aliphatic rings. The van der Waals surface area contributed by atoms with Gasteiger partial charge in [-0.3, -0.25) is 9.59 Å². The number of carbonyl (C=O) groups excluding carboxylic acids is 2. The van der Waals surface area contributed by atoms with Gasteiger partial charge < -0.3 is 15.4 Å². The molecule has 2 N–H and O–H groups in total. The fourth-order valence-corrected chi connectivity index (χ4v) is 1.97. The van der Waals surface area contributed by atoms with Gasteiger partial charge in [-0.1, -0.05) is 6.42 Å². The van der Waals surface area contributed by atoms with E-state index in [1.807, 2.05) is 0 Å². The number of amides is 1. The average Bonchev–Trinajstić information content (AvgIpc) is 2.37. The number of piperidine rings is 1. The Labute approximate surface area is 102 Å². The van der Waals surface area contributed by atoms with E-state index in [-0.39, 0.29) is 18.3 Å². The number of carbonyl (C=O) groups is 2. The SMILES string of the molecule is COC(=O)CCNC(=O)CCC1CCCCN1. The number of nitrogens with one attached hydrogen (secondary N) is 2. The van der Waals surface area contributed by atoms with Gasteiger partial charge in [-0.2, -0.15) is 0 Å². The van der Waals surface area contributed by atoms with E-state index in [0.717, 1.165) is 19.4 Å². The molecule has 1 heterocycles. The molecule has 0 aromatic heterocycles. The highest BCUT2D eigenvalue weighted by atomic mass is 16.5. The summed E-state index contributed by atoms with van der Waals surface area (Å²) in [7, 11) is 1.35. The predicted molar refractivity (Wildman–Crippen MR) is 64.5 cm³/mol. The Hall–Kier alpha value is -1.10. The van der Waals surface area contributed by atoms with Crippen LogP contribution in [0, 0.1) is 0 Å². The number of hydrogen-bond donors (Lipinski definition) is 2. The normalized spacial score (nSPS) is 19.7. The lowest BCUT2D eigenvalue weighted by Crippen LogP contribution is -2.35. The summed E-state index contributed by atoms with van der Waals surface area (Å²) < 4.78 is 4.49. The molecular weight excluding hydrogens is 220 g/mol. The van der Waals surface area contributed by atoms with Crippen molar-refractivity contribution in [3.63, 3.8) is 0 Å².